The van der Waals surface area contributed by atoms with Gasteiger partial charge in [-0.25, -0.2) is 9.50 Å². The van der Waals surface area contributed by atoms with Gasteiger partial charge in [-0.2, -0.15) is 5.10 Å². The number of rotatable bonds is 5. The summed E-state index contributed by atoms with van der Waals surface area (Å²) in [5, 5.41) is 5.00. The lowest BCUT2D eigenvalue weighted by Gasteiger charge is -2.36. The molecule has 2 atom stereocenters. The Balaban J connectivity index is 1.36. The third kappa shape index (κ3) is 3.19. The SMILES string of the molecule is CCOc1ccccc1CN1[C@@H]2CC[C@@H]1c1cnc3cc(-c4cccc(C)c4)nn3c1C2. The highest BCUT2D eigenvalue weighted by Crippen LogP contribution is 2.45. The number of nitrogens with zero attached hydrogens (tertiary/aromatic N) is 4. The zero-order chi connectivity index (χ0) is 21.7. The van der Waals surface area contributed by atoms with Gasteiger partial charge in [0.2, 0.25) is 0 Å². The normalized spacial score (nSPS) is 19.9. The van der Waals surface area contributed by atoms with Crippen molar-refractivity contribution in [2.75, 3.05) is 6.61 Å². The molecule has 0 aliphatic carbocycles. The van der Waals surface area contributed by atoms with Crippen molar-refractivity contribution in [1.82, 2.24) is 19.5 Å². The molecule has 2 aromatic carbocycles. The molecule has 1 saturated heterocycles. The largest absolute Gasteiger partial charge is 0.494 e. The van der Waals surface area contributed by atoms with Crippen molar-refractivity contribution < 1.29 is 4.74 Å². The molecule has 4 heterocycles. The molecule has 1 fully saturated rings. The van der Waals surface area contributed by atoms with E-state index in [1.807, 2.05) is 6.92 Å². The Morgan fingerprint density at radius 2 is 1.97 bits per heavy atom. The summed E-state index contributed by atoms with van der Waals surface area (Å²) < 4.78 is 8.00. The van der Waals surface area contributed by atoms with Crippen LogP contribution >= 0.6 is 0 Å². The number of para-hydroxylation sites is 1. The minimum absolute atomic E-state index is 0.391. The Morgan fingerprint density at radius 3 is 2.84 bits per heavy atom. The zero-order valence-electron chi connectivity index (χ0n) is 18.7. The van der Waals surface area contributed by atoms with Gasteiger partial charge in [-0.3, -0.25) is 4.90 Å². The molecular weight excluding hydrogens is 396 g/mol. The van der Waals surface area contributed by atoms with Crippen LogP contribution in [0.15, 0.2) is 60.8 Å². The quantitative estimate of drug-likeness (QED) is 0.432. The van der Waals surface area contributed by atoms with Crippen LogP contribution in [0.5, 0.6) is 5.75 Å². The van der Waals surface area contributed by atoms with Gasteiger partial charge in [-0.15, -0.1) is 0 Å². The van der Waals surface area contributed by atoms with Gasteiger partial charge in [0.15, 0.2) is 5.65 Å². The van der Waals surface area contributed by atoms with Gasteiger partial charge >= 0.3 is 0 Å². The van der Waals surface area contributed by atoms with E-state index in [0.29, 0.717) is 18.7 Å². The molecule has 4 aromatic rings. The van der Waals surface area contributed by atoms with Crippen LogP contribution in [0, 0.1) is 6.92 Å². The third-order valence-corrected chi connectivity index (χ3v) is 6.99. The number of fused-ring (bicyclic) bond motifs is 6. The fourth-order valence-corrected chi connectivity index (χ4v) is 5.50. The Kier molecular flexibility index (Phi) is 4.72. The summed E-state index contributed by atoms with van der Waals surface area (Å²) in [6, 6.07) is 20.0. The predicted octanol–water partition coefficient (Wildman–Crippen LogP) is 5.37. The molecule has 2 aliphatic rings. The molecule has 2 bridgehead atoms. The predicted molar refractivity (Wildman–Crippen MR) is 126 cm³/mol. The fraction of sp³-hybridized carbons (Fsp3) is 0.333. The highest BCUT2D eigenvalue weighted by Gasteiger charge is 2.41. The average Bonchev–Trinajstić information content (AvgIpc) is 3.35. The standard InChI is InChI=1S/C27H28N4O/c1-3-32-26-10-5-4-8-20(26)17-30-21-11-12-24(30)22-16-28-27-15-23(29-31(27)25(22)14-21)19-9-6-7-18(2)13-19/h4-10,13,15-16,21,24H,3,11-12,14,17H2,1-2H3/t21-,24-/m1/s1. The van der Waals surface area contributed by atoms with Crippen LogP contribution < -0.4 is 4.74 Å². The maximum absolute atomic E-state index is 5.90. The van der Waals surface area contributed by atoms with Crippen LogP contribution in [0.25, 0.3) is 16.9 Å². The Hall–Kier alpha value is -3.18. The molecular formula is C27H28N4O. The summed E-state index contributed by atoms with van der Waals surface area (Å²) in [5.74, 6) is 1.00. The molecule has 5 nitrogen and oxygen atoms in total. The lowest BCUT2D eigenvalue weighted by molar-refractivity contribution is 0.162. The summed E-state index contributed by atoms with van der Waals surface area (Å²) in [7, 11) is 0. The molecule has 2 aliphatic heterocycles. The van der Waals surface area contributed by atoms with E-state index in [9.17, 15) is 0 Å². The first-order valence-electron chi connectivity index (χ1n) is 11.6. The molecule has 5 heteroatoms. The summed E-state index contributed by atoms with van der Waals surface area (Å²) in [6.07, 6.45) is 5.49. The highest BCUT2D eigenvalue weighted by atomic mass is 16.5. The fourth-order valence-electron chi connectivity index (χ4n) is 5.50. The maximum atomic E-state index is 5.90. The minimum atomic E-state index is 0.391. The zero-order valence-corrected chi connectivity index (χ0v) is 18.7. The van der Waals surface area contributed by atoms with Crippen molar-refractivity contribution in [2.24, 2.45) is 0 Å². The summed E-state index contributed by atoms with van der Waals surface area (Å²) in [6.45, 7) is 5.77. The van der Waals surface area contributed by atoms with Gasteiger partial charge in [-0.1, -0.05) is 42.0 Å². The van der Waals surface area contributed by atoms with E-state index in [2.05, 4.69) is 77.1 Å². The molecule has 0 spiro atoms. The third-order valence-electron chi connectivity index (χ3n) is 6.99. The number of ether oxygens (including phenoxy) is 1. The van der Waals surface area contributed by atoms with E-state index in [-0.39, 0.29) is 0 Å². The number of benzene rings is 2. The van der Waals surface area contributed by atoms with Gasteiger partial charge in [0, 0.05) is 54.0 Å². The summed E-state index contributed by atoms with van der Waals surface area (Å²) in [5.41, 5.74) is 8.26. The summed E-state index contributed by atoms with van der Waals surface area (Å²) in [4.78, 5) is 7.47. The second-order valence-electron chi connectivity index (χ2n) is 8.99. The van der Waals surface area contributed by atoms with Crippen LogP contribution in [0.4, 0.5) is 0 Å². The monoisotopic (exact) mass is 424 g/mol. The number of hydrogen-bond acceptors (Lipinski definition) is 4. The van der Waals surface area contributed by atoms with Gasteiger partial charge in [0.05, 0.1) is 18.0 Å². The van der Waals surface area contributed by atoms with Crippen molar-refractivity contribution >= 4 is 5.65 Å². The van der Waals surface area contributed by atoms with Gasteiger partial charge in [0.25, 0.3) is 0 Å². The molecule has 0 unspecified atom stereocenters. The van der Waals surface area contributed by atoms with Crippen LogP contribution in [0.1, 0.15) is 48.2 Å². The van der Waals surface area contributed by atoms with E-state index in [0.717, 1.165) is 35.6 Å². The summed E-state index contributed by atoms with van der Waals surface area (Å²) >= 11 is 0. The van der Waals surface area contributed by atoms with E-state index >= 15 is 0 Å². The smallest absolute Gasteiger partial charge is 0.155 e. The molecule has 32 heavy (non-hydrogen) atoms. The Morgan fingerprint density at radius 1 is 1.06 bits per heavy atom. The maximum Gasteiger partial charge on any atom is 0.155 e. The van der Waals surface area contributed by atoms with Crippen LogP contribution in [-0.2, 0) is 13.0 Å². The Labute approximate surface area is 188 Å². The average molecular weight is 425 g/mol. The first-order valence-corrected chi connectivity index (χ1v) is 11.6. The van der Waals surface area contributed by atoms with Crippen molar-refractivity contribution in [3.8, 4) is 17.0 Å². The van der Waals surface area contributed by atoms with E-state index in [1.54, 1.807) is 0 Å². The molecule has 6 rings (SSSR count). The van der Waals surface area contributed by atoms with E-state index in [1.165, 1.54) is 35.2 Å². The Bertz CT molecular complexity index is 1290. The first kappa shape index (κ1) is 19.5. The molecule has 0 N–H and O–H groups in total. The number of hydrogen-bond donors (Lipinski definition) is 0. The van der Waals surface area contributed by atoms with Crippen LogP contribution in [0.2, 0.25) is 0 Å². The van der Waals surface area contributed by atoms with Crippen molar-refractivity contribution in [3.63, 3.8) is 0 Å². The van der Waals surface area contributed by atoms with Crippen LogP contribution in [-0.4, -0.2) is 32.1 Å². The minimum Gasteiger partial charge on any atom is -0.494 e. The lowest BCUT2D eigenvalue weighted by Crippen LogP contribution is -2.38. The molecule has 2 aromatic heterocycles. The molecule has 162 valence electrons. The van der Waals surface area contributed by atoms with E-state index in [4.69, 9.17) is 14.8 Å². The van der Waals surface area contributed by atoms with Gasteiger partial charge in [-0.05, 0) is 38.8 Å². The number of aromatic nitrogens is 3. The van der Waals surface area contributed by atoms with Crippen molar-refractivity contribution in [1.29, 1.82) is 0 Å². The van der Waals surface area contributed by atoms with Gasteiger partial charge in [0.1, 0.15) is 5.75 Å². The van der Waals surface area contributed by atoms with Crippen LogP contribution in [0.3, 0.4) is 0 Å². The molecule has 0 radical (unpaired) electrons. The second kappa shape index (κ2) is 7.75. The highest BCUT2D eigenvalue weighted by molar-refractivity contribution is 5.65. The number of aryl methyl sites for hydroxylation is 1. The molecule has 0 saturated carbocycles. The molecule has 0 amide bonds. The lowest BCUT2D eigenvalue weighted by atomic mass is 9.98. The topological polar surface area (TPSA) is 42.7 Å². The second-order valence-corrected chi connectivity index (χ2v) is 8.99. The van der Waals surface area contributed by atoms with Gasteiger partial charge < -0.3 is 4.74 Å². The van der Waals surface area contributed by atoms with E-state index < -0.39 is 0 Å². The van der Waals surface area contributed by atoms with Crippen molar-refractivity contribution in [3.05, 3.63) is 83.2 Å². The van der Waals surface area contributed by atoms with Crippen molar-refractivity contribution in [2.45, 2.75) is 51.7 Å². The first-order chi connectivity index (χ1) is 15.7.